The number of rotatable bonds is 16. The number of nitrogens with one attached hydrogen (secondary N) is 2. The van der Waals surface area contributed by atoms with Crippen molar-refractivity contribution in [1.29, 1.82) is 0 Å². The van der Waals surface area contributed by atoms with Crippen LogP contribution < -0.4 is 29.3 Å². The van der Waals surface area contributed by atoms with E-state index in [1.54, 1.807) is 23.9 Å². The van der Waals surface area contributed by atoms with Gasteiger partial charge in [-0.1, -0.05) is 86.1 Å². The van der Waals surface area contributed by atoms with Crippen molar-refractivity contribution in [3.05, 3.63) is 97.1 Å². The molecule has 14 heteroatoms. The first kappa shape index (κ1) is 38.6. The molecule has 12 nitrogen and oxygen atoms in total. The molecule has 0 radical (unpaired) electrons. The number of quaternary nitrogens is 2. The van der Waals surface area contributed by atoms with Crippen LogP contribution in [0.25, 0.3) is 20.4 Å². The lowest BCUT2D eigenvalue weighted by Crippen LogP contribution is -2.85. The van der Waals surface area contributed by atoms with Gasteiger partial charge in [0.15, 0.2) is 0 Å². The average Bonchev–Trinajstić information content (AvgIpc) is 3.97. The Bertz CT molecular complexity index is 2300. The highest BCUT2D eigenvalue weighted by molar-refractivity contribution is 7.23. The first-order valence-electron chi connectivity index (χ1n) is 19.8. The van der Waals surface area contributed by atoms with Gasteiger partial charge in [-0.2, -0.15) is 9.97 Å². The Labute approximate surface area is 341 Å². The van der Waals surface area contributed by atoms with Crippen LogP contribution in [0.15, 0.2) is 97.1 Å². The quantitative estimate of drug-likeness (QED) is 0.0736. The SMILES string of the molecule is CCCCCCOc1cccc(NC2CN(C)C(=O)[N+]2(c2nc3ccccc3s2)[N+]2(c3nc4ccccc4s3)C(=O)N(C)CC2Nc2ccc(OCCC)cc2)c1. The lowest BCUT2D eigenvalue weighted by atomic mass is 10.2. The Morgan fingerprint density at radius 3 is 1.75 bits per heavy atom. The van der Waals surface area contributed by atoms with Gasteiger partial charge in [-0.15, -0.1) is 0 Å². The second kappa shape index (κ2) is 16.3. The molecule has 296 valence electrons. The minimum Gasteiger partial charge on any atom is -0.494 e. The van der Waals surface area contributed by atoms with E-state index in [4.69, 9.17) is 19.4 Å². The van der Waals surface area contributed by atoms with Crippen molar-refractivity contribution in [2.75, 3.05) is 51.0 Å². The van der Waals surface area contributed by atoms with Crippen molar-refractivity contribution in [2.24, 2.45) is 0 Å². The molecule has 0 saturated carbocycles. The maximum atomic E-state index is 15.7. The van der Waals surface area contributed by atoms with Crippen molar-refractivity contribution in [2.45, 2.75) is 58.3 Å². The van der Waals surface area contributed by atoms with Gasteiger partial charge in [0.25, 0.3) is 0 Å². The highest BCUT2D eigenvalue weighted by Gasteiger charge is 2.81. The maximum Gasteiger partial charge on any atom is 0.477 e. The van der Waals surface area contributed by atoms with Crippen LogP contribution >= 0.6 is 22.7 Å². The van der Waals surface area contributed by atoms with Crippen LogP contribution in [0.2, 0.25) is 0 Å². The fourth-order valence-corrected chi connectivity index (χ4v) is 10.4. The smallest absolute Gasteiger partial charge is 0.477 e. The normalized spacial score (nSPS) is 22.2. The largest absolute Gasteiger partial charge is 0.494 e. The molecule has 4 amide bonds. The Kier molecular flexibility index (Phi) is 11.0. The number of ether oxygens (including phenoxy) is 2. The van der Waals surface area contributed by atoms with Crippen LogP contribution in [-0.4, -0.2) is 84.6 Å². The first-order chi connectivity index (χ1) is 27.8. The van der Waals surface area contributed by atoms with Gasteiger partial charge in [0, 0.05) is 40.7 Å². The van der Waals surface area contributed by atoms with Crippen molar-refractivity contribution in [3.8, 4) is 11.5 Å². The number of thiazole rings is 2. The van der Waals surface area contributed by atoms with Gasteiger partial charge in [-0.25, -0.2) is 9.59 Å². The van der Waals surface area contributed by atoms with Crippen LogP contribution in [-0.2, 0) is 0 Å². The Morgan fingerprint density at radius 2 is 1.19 bits per heavy atom. The molecule has 6 aromatic rings. The summed E-state index contributed by atoms with van der Waals surface area (Å²) in [6, 6.07) is 30.9. The molecule has 4 heterocycles. The standard InChI is InChI=1S/C43H50N8O4S2/c1-5-7-8-13-26-55-33-16-14-15-31(27-33)45-39-29-49(4)43(53)51(39,41-47-35-18-10-12-20-37(35)57-41)50(40-46-34-17-9-11-19-36(34)56-40)38(28-48(3)42(50)52)44-30-21-23-32(24-22-30)54-25-6-2/h9-12,14-24,27,38-39,44-45H,5-8,13,25-26,28-29H2,1-4H3/q+2. The lowest BCUT2D eigenvalue weighted by molar-refractivity contribution is 0.0449. The van der Waals surface area contributed by atoms with Crippen molar-refractivity contribution >= 4 is 76.8 Å². The van der Waals surface area contributed by atoms with E-state index in [1.807, 2.05) is 97.1 Å². The van der Waals surface area contributed by atoms with E-state index in [1.165, 1.54) is 29.1 Å². The molecule has 0 spiro atoms. The van der Waals surface area contributed by atoms with E-state index in [0.29, 0.717) is 30.0 Å². The predicted octanol–water partition coefficient (Wildman–Crippen LogP) is 9.89. The lowest BCUT2D eigenvalue weighted by Gasteiger charge is -2.45. The summed E-state index contributed by atoms with van der Waals surface area (Å²) >= 11 is 2.87. The fraction of sp³-hybridized carbons (Fsp3) is 0.349. The zero-order valence-electron chi connectivity index (χ0n) is 32.9. The number of unbranched alkanes of at least 4 members (excludes halogenated alkanes) is 3. The summed E-state index contributed by atoms with van der Waals surface area (Å²) < 4.78 is 12.9. The molecule has 2 aliphatic rings. The van der Waals surface area contributed by atoms with E-state index >= 15 is 9.59 Å². The molecule has 4 unspecified atom stereocenters. The number of amides is 4. The molecule has 8 rings (SSSR count). The number of urea groups is 2. The third kappa shape index (κ3) is 6.83. The zero-order chi connectivity index (χ0) is 39.6. The summed E-state index contributed by atoms with van der Waals surface area (Å²) in [5.41, 5.74) is 3.06. The topological polar surface area (TPSA) is 109 Å². The molecule has 57 heavy (non-hydrogen) atoms. The summed E-state index contributed by atoms with van der Waals surface area (Å²) in [5, 5.41) is 8.52. The number of carbonyl (C=O) groups excluding carboxylic acids is 2. The summed E-state index contributed by atoms with van der Waals surface area (Å²) in [4.78, 5) is 45.4. The van der Waals surface area contributed by atoms with Crippen molar-refractivity contribution < 1.29 is 19.1 Å². The van der Waals surface area contributed by atoms with E-state index in [2.05, 4.69) is 24.5 Å². The number of benzene rings is 4. The Balaban J connectivity index is 1.34. The highest BCUT2D eigenvalue weighted by Crippen LogP contribution is 2.52. The number of carbonyl (C=O) groups is 2. The number of hydrogen-bond acceptors (Lipinski definition) is 10. The third-order valence-electron chi connectivity index (χ3n) is 10.8. The maximum absolute atomic E-state index is 15.7. The predicted molar refractivity (Wildman–Crippen MR) is 232 cm³/mol. The molecular formula is C43H50N8O4S2+2. The second-order valence-electron chi connectivity index (χ2n) is 14.8. The fourth-order valence-electron chi connectivity index (χ4n) is 8.04. The molecule has 4 atom stereocenters. The third-order valence-corrected chi connectivity index (χ3v) is 13.0. The van der Waals surface area contributed by atoms with E-state index in [9.17, 15) is 0 Å². The summed E-state index contributed by atoms with van der Waals surface area (Å²) in [6.45, 7) is 6.09. The molecule has 2 saturated heterocycles. The Morgan fingerprint density at radius 1 is 0.632 bits per heavy atom. The second-order valence-corrected chi connectivity index (χ2v) is 16.8. The summed E-state index contributed by atoms with van der Waals surface area (Å²) in [7, 11) is 3.60. The molecule has 0 aliphatic carbocycles. The van der Waals surface area contributed by atoms with Crippen LogP contribution in [0, 0.1) is 0 Å². The summed E-state index contributed by atoms with van der Waals surface area (Å²) in [5.74, 6) is 1.50. The van der Waals surface area contributed by atoms with Gasteiger partial charge in [-0.05, 0) is 73.5 Å². The summed E-state index contributed by atoms with van der Waals surface area (Å²) in [6.07, 6.45) is 3.96. The van der Waals surface area contributed by atoms with Gasteiger partial charge in [0.1, 0.15) is 24.6 Å². The first-order valence-corrected chi connectivity index (χ1v) is 21.4. The van der Waals surface area contributed by atoms with E-state index < -0.39 is 21.5 Å². The molecular weight excluding hydrogens is 757 g/mol. The van der Waals surface area contributed by atoms with E-state index in [-0.39, 0.29) is 18.6 Å². The van der Waals surface area contributed by atoms with Crippen LogP contribution in [0.1, 0.15) is 46.0 Å². The molecule has 2 fully saturated rings. The number of likely N-dealkylation sites (N-methyl/N-ethyl adjacent to an activating group) is 2. The van der Waals surface area contributed by atoms with Crippen molar-refractivity contribution in [1.82, 2.24) is 29.0 Å². The monoisotopic (exact) mass is 806 g/mol. The average molecular weight is 807 g/mol. The van der Waals surface area contributed by atoms with Gasteiger partial charge in [0.05, 0.1) is 33.6 Å². The number of anilines is 2. The minimum atomic E-state index is -0.695. The van der Waals surface area contributed by atoms with Crippen LogP contribution in [0.5, 0.6) is 11.5 Å². The van der Waals surface area contributed by atoms with Crippen LogP contribution in [0.4, 0.5) is 31.2 Å². The molecule has 0 bridgehead atoms. The van der Waals surface area contributed by atoms with Gasteiger partial charge in [0.2, 0.25) is 12.3 Å². The number of hydrogen-bond donors (Lipinski definition) is 2. The van der Waals surface area contributed by atoms with Gasteiger partial charge < -0.3 is 20.1 Å². The molecule has 4 aromatic carbocycles. The Hall–Kier alpha value is -5.28. The van der Waals surface area contributed by atoms with Crippen molar-refractivity contribution in [3.63, 3.8) is 0 Å². The van der Waals surface area contributed by atoms with Crippen LogP contribution in [0.3, 0.4) is 0 Å². The number of nitrogens with zero attached hydrogens (tertiary/aromatic N) is 6. The zero-order valence-corrected chi connectivity index (χ0v) is 34.5. The number of aromatic nitrogens is 2. The van der Waals surface area contributed by atoms with E-state index in [0.717, 1.165) is 69.0 Å². The molecule has 2 aromatic heterocycles. The minimum absolute atomic E-state index is 0.270. The molecule has 2 N–H and O–H groups in total. The molecule has 2 aliphatic heterocycles. The highest BCUT2D eigenvalue weighted by atomic mass is 32.1. The number of fused-ring (bicyclic) bond motifs is 2. The number of para-hydroxylation sites is 2. The van der Waals surface area contributed by atoms with Gasteiger partial charge >= 0.3 is 22.3 Å². The van der Waals surface area contributed by atoms with Gasteiger partial charge in [-0.3, -0.25) is 9.80 Å².